The van der Waals surface area contributed by atoms with Gasteiger partial charge in [-0.2, -0.15) is 10.4 Å². The van der Waals surface area contributed by atoms with E-state index in [9.17, 15) is 10.1 Å². The SMILES string of the molecule is CCCc1ccc(-c2ccc(-c3ccc(C4=CCC(OC(=O)c5ccc6cc(OCCCCCCOCC7(CC)COC7)ccc6c5)C=C4)c(F)c3/C=N/N(CCCCC#N)c3nc4ccccc4s3)c(F)c2)cc1. The van der Waals surface area contributed by atoms with Gasteiger partial charge in [-0.15, -0.1) is 0 Å². The standard InChI is InChI=1S/C63H64F2N4O5S/c1-3-14-44-17-19-45(20-18-44)49-26-30-55(57(64)39-49)54-32-31-53(60(65)56(54)40-67-69(34-11-7-10-33-66)62-68-58-15-8-9-16-59(58)75-62)46-23-27-51(28-24-46)74-61(70)50-22-21-48-38-52(29-25-47(48)37-50)73-36-13-6-5-12-35-71-41-63(4-2)42-72-43-63/h8-9,15-27,29-32,37-40,51H,3-7,10-14,28,34-36,41-43H2,1-2H3/b67-40+. The number of aryl methyl sites for hydroxylation is 1. The van der Waals surface area contributed by atoms with E-state index < -0.39 is 23.7 Å². The van der Waals surface area contributed by atoms with E-state index in [1.54, 1.807) is 41.4 Å². The number of anilines is 1. The van der Waals surface area contributed by atoms with E-state index in [4.69, 9.17) is 29.0 Å². The van der Waals surface area contributed by atoms with Crippen LogP contribution in [0.4, 0.5) is 13.9 Å². The molecule has 75 heavy (non-hydrogen) atoms. The molecule has 1 fully saturated rings. The second kappa shape index (κ2) is 25.5. The van der Waals surface area contributed by atoms with Crippen molar-refractivity contribution in [3.63, 3.8) is 0 Å². The van der Waals surface area contributed by atoms with E-state index in [1.165, 1.54) is 29.2 Å². The Bertz CT molecular complexity index is 3190. The molecule has 0 bridgehead atoms. The van der Waals surface area contributed by atoms with Crippen molar-refractivity contribution in [2.75, 3.05) is 44.6 Å². The molecule has 386 valence electrons. The summed E-state index contributed by atoms with van der Waals surface area (Å²) in [6.45, 7) is 8.60. The molecule has 0 amide bonds. The number of benzene rings is 6. The molecule has 1 aromatic heterocycles. The van der Waals surface area contributed by atoms with Gasteiger partial charge >= 0.3 is 5.97 Å². The number of ether oxygens (including phenoxy) is 4. The molecule has 1 aliphatic carbocycles. The van der Waals surface area contributed by atoms with Gasteiger partial charge in [-0.25, -0.2) is 23.6 Å². The van der Waals surface area contributed by atoms with Gasteiger partial charge in [0.25, 0.3) is 0 Å². The van der Waals surface area contributed by atoms with Crippen LogP contribution in [0.5, 0.6) is 5.75 Å². The Morgan fingerprint density at radius 2 is 1.64 bits per heavy atom. The fourth-order valence-electron chi connectivity index (χ4n) is 9.46. The number of halogens is 2. The van der Waals surface area contributed by atoms with Crippen molar-refractivity contribution in [3.8, 4) is 34.1 Å². The van der Waals surface area contributed by atoms with Crippen molar-refractivity contribution in [1.29, 1.82) is 5.26 Å². The molecular formula is C63H64F2N4O5S. The zero-order chi connectivity index (χ0) is 52.0. The van der Waals surface area contributed by atoms with Crippen molar-refractivity contribution < 1.29 is 32.5 Å². The highest BCUT2D eigenvalue weighted by Crippen LogP contribution is 2.37. The minimum absolute atomic E-state index is 0.108. The second-order valence-electron chi connectivity index (χ2n) is 19.6. The molecule has 1 atom stereocenters. The quantitative estimate of drug-likeness (QED) is 0.0241. The van der Waals surface area contributed by atoms with Gasteiger partial charge in [0.05, 0.1) is 54.5 Å². The number of carbonyl (C=O) groups excluding carboxylic acids is 1. The predicted molar refractivity (Wildman–Crippen MR) is 298 cm³/mol. The lowest BCUT2D eigenvalue weighted by atomic mass is 9.84. The Kier molecular flexibility index (Phi) is 17.9. The molecule has 9 nitrogen and oxygen atoms in total. The summed E-state index contributed by atoms with van der Waals surface area (Å²) in [7, 11) is 0. The van der Waals surface area contributed by atoms with E-state index in [-0.39, 0.29) is 16.5 Å². The molecule has 0 N–H and O–H groups in total. The van der Waals surface area contributed by atoms with Crippen molar-refractivity contribution >= 4 is 55.2 Å². The Morgan fingerprint density at radius 3 is 2.39 bits per heavy atom. The van der Waals surface area contributed by atoms with Gasteiger partial charge in [0.15, 0.2) is 0 Å². The maximum absolute atomic E-state index is 17.4. The van der Waals surface area contributed by atoms with Gasteiger partial charge in [0.2, 0.25) is 5.13 Å². The van der Waals surface area contributed by atoms with Gasteiger partial charge in [0, 0.05) is 48.1 Å². The van der Waals surface area contributed by atoms with Crippen molar-refractivity contribution in [3.05, 3.63) is 167 Å². The number of thiazole rings is 1. The summed E-state index contributed by atoms with van der Waals surface area (Å²) in [5, 5.41) is 18.3. The molecule has 9 rings (SSSR count). The maximum Gasteiger partial charge on any atom is 0.338 e. The van der Waals surface area contributed by atoms with Crippen LogP contribution in [-0.2, 0) is 20.6 Å². The van der Waals surface area contributed by atoms with Crippen LogP contribution in [0.3, 0.4) is 0 Å². The first-order chi connectivity index (χ1) is 36.7. The summed E-state index contributed by atoms with van der Waals surface area (Å²) in [6, 6.07) is 37.9. The molecule has 1 aliphatic heterocycles. The normalized spacial score (nSPS) is 15.0. The molecule has 0 saturated carbocycles. The highest BCUT2D eigenvalue weighted by Gasteiger charge is 2.37. The van der Waals surface area contributed by atoms with Gasteiger partial charge in [-0.05, 0) is 132 Å². The number of allylic oxidation sites excluding steroid dienone is 2. The van der Waals surface area contributed by atoms with Crippen LogP contribution in [0.1, 0.15) is 105 Å². The highest BCUT2D eigenvalue weighted by atomic mass is 32.1. The van der Waals surface area contributed by atoms with Gasteiger partial charge < -0.3 is 18.9 Å². The third-order valence-electron chi connectivity index (χ3n) is 14.1. The number of fused-ring (bicyclic) bond motifs is 2. The van der Waals surface area contributed by atoms with E-state index in [0.29, 0.717) is 71.8 Å². The number of carbonyl (C=O) groups is 1. The lowest BCUT2D eigenvalue weighted by molar-refractivity contribution is -0.150. The number of esters is 1. The van der Waals surface area contributed by atoms with Crippen LogP contribution in [0, 0.1) is 28.4 Å². The number of rotatable bonds is 25. The molecule has 1 saturated heterocycles. The maximum atomic E-state index is 17.4. The zero-order valence-electron chi connectivity index (χ0n) is 42.9. The van der Waals surface area contributed by atoms with E-state index in [1.807, 2.05) is 78.9 Å². The molecule has 12 heteroatoms. The topological polar surface area (TPSA) is 106 Å². The number of para-hydroxylation sites is 1. The summed E-state index contributed by atoms with van der Waals surface area (Å²) in [5.41, 5.74) is 5.87. The lowest BCUT2D eigenvalue weighted by Crippen LogP contribution is -2.45. The summed E-state index contributed by atoms with van der Waals surface area (Å²) in [5.74, 6) is -0.743. The number of aromatic nitrogens is 1. The predicted octanol–water partition coefficient (Wildman–Crippen LogP) is 15.5. The van der Waals surface area contributed by atoms with Crippen LogP contribution >= 0.6 is 11.3 Å². The van der Waals surface area contributed by atoms with Gasteiger partial charge in [0.1, 0.15) is 23.5 Å². The number of hydrazone groups is 1. The molecule has 0 radical (unpaired) electrons. The molecule has 1 unspecified atom stereocenters. The minimum atomic E-state index is -0.576. The lowest BCUT2D eigenvalue weighted by Gasteiger charge is -2.40. The third-order valence-corrected chi connectivity index (χ3v) is 15.2. The molecule has 6 aromatic carbocycles. The minimum Gasteiger partial charge on any atom is -0.494 e. The fraction of sp³-hybridized carbons (Fsp3) is 0.333. The molecular weight excluding hydrogens is 963 g/mol. The Morgan fingerprint density at radius 1 is 0.867 bits per heavy atom. The van der Waals surface area contributed by atoms with Crippen LogP contribution in [0.2, 0.25) is 0 Å². The average molecular weight is 1030 g/mol. The molecule has 0 spiro atoms. The smallest absolute Gasteiger partial charge is 0.338 e. The monoisotopic (exact) mass is 1030 g/mol. The van der Waals surface area contributed by atoms with Crippen molar-refractivity contribution in [2.24, 2.45) is 10.5 Å². The van der Waals surface area contributed by atoms with Crippen molar-refractivity contribution in [1.82, 2.24) is 4.98 Å². The first-order valence-corrected chi connectivity index (χ1v) is 27.2. The van der Waals surface area contributed by atoms with Gasteiger partial charge in [-0.1, -0.05) is 123 Å². The van der Waals surface area contributed by atoms with Crippen LogP contribution in [0.15, 0.2) is 139 Å². The average Bonchev–Trinajstić information content (AvgIpc) is 3.86. The number of nitrogens with zero attached hydrogens (tertiary/aromatic N) is 4. The Hall–Kier alpha value is -7.04. The molecule has 2 heterocycles. The zero-order valence-corrected chi connectivity index (χ0v) is 43.7. The second-order valence-corrected chi connectivity index (χ2v) is 20.6. The summed E-state index contributed by atoms with van der Waals surface area (Å²) >= 11 is 1.47. The van der Waals surface area contributed by atoms with E-state index >= 15 is 8.78 Å². The summed E-state index contributed by atoms with van der Waals surface area (Å²) in [6.07, 6.45) is 15.6. The summed E-state index contributed by atoms with van der Waals surface area (Å²) < 4.78 is 58.1. The molecule has 2 aliphatic rings. The van der Waals surface area contributed by atoms with Crippen LogP contribution in [0.25, 0.3) is 48.8 Å². The van der Waals surface area contributed by atoms with Crippen LogP contribution in [-0.4, -0.2) is 62.9 Å². The van der Waals surface area contributed by atoms with Crippen LogP contribution < -0.4 is 9.75 Å². The van der Waals surface area contributed by atoms with Crippen molar-refractivity contribution in [2.45, 2.75) is 90.6 Å². The number of nitriles is 1. The fourth-order valence-corrected chi connectivity index (χ4v) is 10.4. The molecule has 7 aromatic rings. The Balaban J connectivity index is 0.873. The number of unbranched alkanes of at least 4 members (excludes halogenated alkanes) is 5. The first kappa shape index (κ1) is 52.8. The Labute approximate surface area is 443 Å². The highest BCUT2D eigenvalue weighted by molar-refractivity contribution is 7.22. The largest absolute Gasteiger partial charge is 0.494 e. The third kappa shape index (κ3) is 13.3. The first-order valence-electron chi connectivity index (χ1n) is 26.4. The summed E-state index contributed by atoms with van der Waals surface area (Å²) in [4.78, 5) is 18.3. The number of hydrogen-bond donors (Lipinski definition) is 0. The number of hydrogen-bond acceptors (Lipinski definition) is 10. The van der Waals surface area contributed by atoms with E-state index in [2.05, 4.69) is 32.0 Å². The van der Waals surface area contributed by atoms with Gasteiger partial charge in [-0.3, -0.25) is 0 Å². The van der Waals surface area contributed by atoms with E-state index in [0.717, 1.165) is 104 Å².